The number of halogens is 1. The maximum atomic E-state index is 4.52. The SMILES string of the molecule is CCNc1nc(-c2ccc3nccnc3c2)ncc1Br. The molecule has 5 nitrogen and oxygen atoms in total. The normalized spacial score (nSPS) is 10.7. The van der Waals surface area contributed by atoms with Gasteiger partial charge in [0, 0.05) is 30.7 Å². The van der Waals surface area contributed by atoms with Crippen LogP contribution < -0.4 is 5.32 Å². The molecule has 0 aliphatic rings. The summed E-state index contributed by atoms with van der Waals surface area (Å²) in [5.41, 5.74) is 2.62. The van der Waals surface area contributed by atoms with Crippen LogP contribution in [0.25, 0.3) is 22.4 Å². The summed E-state index contributed by atoms with van der Waals surface area (Å²) >= 11 is 3.43. The molecule has 0 atom stereocenters. The quantitative estimate of drug-likeness (QED) is 0.798. The van der Waals surface area contributed by atoms with Gasteiger partial charge in [0.1, 0.15) is 5.82 Å². The molecule has 0 radical (unpaired) electrons. The Hall–Kier alpha value is -2.08. The third kappa shape index (κ3) is 2.46. The van der Waals surface area contributed by atoms with Crippen LogP contribution in [0.2, 0.25) is 0 Å². The number of nitrogens with one attached hydrogen (secondary N) is 1. The second-order valence-electron chi connectivity index (χ2n) is 4.18. The molecule has 20 heavy (non-hydrogen) atoms. The van der Waals surface area contributed by atoms with Crippen molar-refractivity contribution in [2.75, 3.05) is 11.9 Å². The molecule has 0 unspecified atom stereocenters. The van der Waals surface area contributed by atoms with Crippen LogP contribution in [0.15, 0.2) is 41.3 Å². The lowest BCUT2D eigenvalue weighted by atomic mass is 10.2. The van der Waals surface area contributed by atoms with E-state index in [1.54, 1.807) is 18.6 Å². The van der Waals surface area contributed by atoms with E-state index in [4.69, 9.17) is 0 Å². The first-order chi connectivity index (χ1) is 9.78. The van der Waals surface area contributed by atoms with Gasteiger partial charge in [-0.25, -0.2) is 9.97 Å². The molecule has 0 amide bonds. The first-order valence-corrected chi connectivity index (χ1v) is 7.05. The minimum atomic E-state index is 0.664. The molecule has 0 saturated carbocycles. The van der Waals surface area contributed by atoms with Gasteiger partial charge in [-0.15, -0.1) is 0 Å². The van der Waals surface area contributed by atoms with E-state index in [0.717, 1.165) is 33.4 Å². The molecule has 1 aromatic carbocycles. The lowest BCUT2D eigenvalue weighted by molar-refractivity contribution is 1.10. The molecular formula is C14H12BrN5. The van der Waals surface area contributed by atoms with Crippen molar-refractivity contribution in [1.82, 2.24) is 19.9 Å². The second-order valence-corrected chi connectivity index (χ2v) is 5.03. The van der Waals surface area contributed by atoms with Crippen LogP contribution in [0.1, 0.15) is 6.92 Å². The van der Waals surface area contributed by atoms with Crippen molar-refractivity contribution in [3.8, 4) is 11.4 Å². The Labute approximate surface area is 124 Å². The van der Waals surface area contributed by atoms with Crippen molar-refractivity contribution < 1.29 is 0 Å². The average Bonchev–Trinajstić information content (AvgIpc) is 2.49. The predicted molar refractivity (Wildman–Crippen MR) is 82.4 cm³/mol. The Morgan fingerprint density at radius 2 is 1.90 bits per heavy atom. The van der Waals surface area contributed by atoms with E-state index in [-0.39, 0.29) is 0 Å². The van der Waals surface area contributed by atoms with Crippen LogP contribution in [0, 0.1) is 0 Å². The summed E-state index contributed by atoms with van der Waals surface area (Å²) < 4.78 is 0.851. The molecule has 2 heterocycles. The lowest BCUT2D eigenvalue weighted by Crippen LogP contribution is -2.02. The van der Waals surface area contributed by atoms with Crippen LogP contribution >= 0.6 is 15.9 Å². The van der Waals surface area contributed by atoms with E-state index in [1.807, 2.05) is 25.1 Å². The number of nitrogens with zero attached hydrogens (tertiary/aromatic N) is 4. The first-order valence-electron chi connectivity index (χ1n) is 6.25. The monoisotopic (exact) mass is 329 g/mol. The molecule has 1 N–H and O–H groups in total. The Balaban J connectivity index is 2.08. The van der Waals surface area contributed by atoms with E-state index in [0.29, 0.717) is 5.82 Å². The zero-order valence-corrected chi connectivity index (χ0v) is 12.4. The Bertz CT molecular complexity index is 759. The predicted octanol–water partition coefficient (Wildman–Crippen LogP) is 3.28. The molecule has 0 spiro atoms. The highest BCUT2D eigenvalue weighted by molar-refractivity contribution is 9.10. The summed E-state index contributed by atoms with van der Waals surface area (Å²) in [6.07, 6.45) is 5.11. The van der Waals surface area contributed by atoms with Gasteiger partial charge >= 0.3 is 0 Å². The van der Waals surface area contributed by atoms with E-state index >= 15 is 0 Å². The second kappa shape index (κ2) is 5.50. The van der Waals surface area contributed by atoms with Gasteiger partial charge in [-0.05, 0) is 41.1 Å². The number of fused-ring (bicyclic) bond motifs is 1. The van der Waals surface area contributed by atoms with E-state index in [2.05, 4.69) is 41.2 Å². The van der Waals surface area contributed by atoms with Crippen molar-refractivity contribution in [2.24, 2.45) is 0 Å². The summed E-state index contributed by atoms with van der Waals surface area (Å²) in [4.78, 5) is 17.4. The largest absolute Gasteiger partial charge is 0.369 e. The van der Waals surface area contributed by atoms with Crippen LogP contribution in [0.4, 0.5) is 5.82 Å². The topological polar surface area (TPSA) is 63.6 Å². The molecule has 0 aliphatic carbocycles. The van der Waals surface area contributed by atoms with Crippen molar-refractivity contribution in [1.29, 1.82) is 0 Å². The van der Waals surface area contributed by atoms with Gasteiger partial charge in [-0.3, -0.25) is 9.97 Å². The highest BCUT2D eigenvalue weighted by atomic mass is 79.9. The van der Waals surface area contributed by atoms with Gasteiger partial charge in [0.25, 0.3) is 0 Å². The smallest absolute Gasteiger partial charge is 0.161 e. The molecule has 0 saturated heterocycles. The number of aromatic nitrogens is 4. The average molecular weight is 330 g/mol. The minimum absolute atomic E-state index is 0.664. The van der Waals surface area contributed by atoms with E-state index in [9.17, 15) is 0 Å². The number of hydrogen-bond donors (Lipinski definition) is 1. The van der Waals surface area contributed by atoms with Gasteiger partial charge in [-0.2, -0.15) is 0 Å². The zero-order valence-electron chi connectivity index (χ0n) is 10.8. The van der Waals surface area contributed by atoms with E-state index < -0.39 is 0 Å². The minimum Gasteiger partial charge on any atom is -0.369 e. The maximum absolute atomic E-state index is 4.52. The number of anilines is 1. The molecule has 2 aromatic heterocycles. The first kappa shape index (κ1) is 12.9. The fraction of sp³-hybridized carbons (Fsp3) is 0.143. The molecule has 0 aliphatic heterocycles. The van der Waals surface area contributed by atoms with Crippen LogP contribution in [0.3, 0.4) is 0 Å². The molecule has 3 aromatic rings. The summed E-state index contributed by atoms with van der Waals surface area (Å²) in [5.74, 6) is 1.45. The number of rotatable bonds is 3. The highest BCUT2D eigenvalue weighted by Gasteiger charge is 2.07. The Morgan fingerprint density at radius 3 is 2.70 bits per heavy atom. The molecule has 0 fully saturated rings. The van der Waals surface area contributed by atoms with Gasteiger partial charge in [0.15, 0.2) is 5.82 Å². The fourth-order valence-electron chi connectivity index (χ4n) is 1.90. The van der Waals surface area contributed by atoms with Gasteiger partial charge < -0.3 is 5.32 Å². The summed E-state index contributed by atoms with van der Waals surface area (Å²) in [7, 11) is 0. The maximum Gasteiger partial charge on any atom is 0.161 e. The molecular weight excluding hydrogens is 318 g/mol. The van der Waals surface area contributed by atoms with Crippen molar-refractivity contribution in [2.45, 2.75) is 6.92 Å². The third-order valence-corrected chi connectivity index (χ3v) is 3.40. The Kier molecular flexibility index (Phi) is 3.56. The van der Waals surface area contributed by atoms with E-state index in [1.165, 1.54) is 0 Å². The van der Waals surface area contributed by atoms with Crippen LogP contribution in [0.5, 0.6) is 0 Å². The Morgan fingerprint density at radius 1 is 1.10 bits per heavy atom. The van der Waals surface area contributed by atoms with Crippen molar-refractivity contribution in [3.63, 3.8) is 0 Å². The molecule has 100 valence electrons. The summed E-state index contributed by atoms with van der Waals surface area (Å²) in [6.45, 7) is 2.83. The molecule has 0 bridgehead atoms. The number of hydrogen-bond acceptors (Lipinski definition) is 5. The lowest BCUT2D eigenvalue weighted by Gasteiger charge is -2.07. The van der Waals surface area contributed by atoms with Gasteiger partial charge in [0.2, 0.25) is 0 Å². The fourth-order valence-corrected chi connectivity index (χ4v) is 2.23. The van der Waals surface area contributed by atoms with Crippen molar-refractivity contribution in [3.05, 3.63) is 41.3 Å². The zero-order chi connectivity index (χ0) is 13.9. The highest BCUT2D eigenvalue weighted by Crippen LogP contribution is 2.24. The van der Waals surface area contributed by atoms with Crippen LogP contribution in [-0.2, 0) is 0 Å². The number of benzene rings is 1. The van der Waals surface area contributed by atoms with Crippen molar-refractivity contribution >= 4 is 32.8 Å². The summed E-state index contributed by atoms with van der Waals surface area (Å²) in [6, 6.07) is 5.83. The third-order valence-electron chi connectivity index (χ3n) is 2.82. The van der Waals surface area contributed by atoms with Gasteiger partial charge in [-0.1, -0.05) is 0 Å². The molecule has 6 heteroatoms. The molecule has 3 rings (SSSR count). The van der Waals surface area contributed by atoms with Gasteiger partial charge in [0.05, 0.1) is 15.5 Å². The van der Waals surface area contributed by atoms with Crippen LogP contribution in [-0.4, -0.2) is 26.5 Å². The standard InChI is InChI=1S/C14H12BrN5/c1-2-16-14-10(15)8-19-13(20-14)9-3-4-11-12(7-9)18-6-5-17-11/h3-8H,2H2,1H3,(H,16,19,20). The summed E-state index contributed by atoms with van der Waals surface area (Å²) in [5, 5.41) is 3.20.